The Morgan fingerprint density at radius 1 is 1.04 bits per heavy atom. The van der Waals surface area contributed by atoms with Gasteiger partial charge in [0.05, 0.1) is 13.2 Å². The maximum absolute atomic E-state index is 5.73. The highest BCUT2D eigenvalue weighted by atomic mass is 16.5. The monoisotopic (exact) mass is 351 g/mol. The molecule has 1 aliphatic rings. The summed E-state index contributed by atoms with van der Waals surface area (Å²) in [5, 5.41) is 7.46. The Bertz CT molecular complexity index is 864. The third kappa shape index (κ3) is 3.79. The Kier molecular flexibility index (Phi) is 4.73. The van der Waals surface area contributed by atoms with Gasteiger partial charge >= 0.3 is 0 Å². The third-order valence-electron chi connectivity index (χ3n) is 4.19. The van der Waals surface area contributed by atoms with Crippen molar-refractivity contribution in [2.75, 3.05) is 18.5 Å². The lowest BCUT2D eigenvalue weighted by atomic mass is 10.1. The summed E-state index contributed by atoms with van der Waals surface area (Å²) < 4.78 is 16.8. The van der Waals surface area contributed by atoms with Gasteiger partial charge in [-0.3, -0.25) is 0 Å². The summed E-state index contributed by atoms with van der Waals surface area (Å²) in [4.78, 5) is 4.51. The Labute approximate surface area is 152 Å². The van der Waals surface area contributed by atoms with E-state index in [1.165, 1.54) is 0 Å². The Morgan fingerprint density at radius 3 is 2.69 bits per heavy atom. The van der Waals surface area contributed by atoms with E-state index in [2.05, 4.69) is 27.6 Å². The number of hydrogen-bond acceptors (Lipinski definition) is 6. The van der Waals surface area contributed by atoms with Gasteiger partial charge in [-0.2, -0.15) is 4.98 Å². The van der Waals surface area contributed by atoms with E-state index in [1.807, 2.05) is 43.3 Å². The molecule has 6 heteroatoms. The van der Waals surface area contributed by atoms with Crippen LogP contribution in [0.25, 0.3) is 0 Å². The lowest BCUT2D eigenvalue weighted by Crippen LogP contribution is -2.07. The molecule has 1 aromatic heterocycles. The highest BCUT2D eigenvalue weighted by Crippen LogP contribution is 2.33. The zero-order chi connectivity index (χ0) is 17.8. The minimum atomic E-state index is -0.114. The first-order valence-corrected chi connectivity index (χ1v) is 8.80. The molecule has 0 amide bonds. The van der Waals surface area contributed by atoms with Gasteiger partial charge in [0, 0.05) is 24.6 Å². The van der Waals surface area contributed by atoms with Crippen LogP contribution in [0, 0.1) is 0 Å². The minimum absolute atomic E-state index is 0.114. The summed E-state index contributed by atoms with van der Waals surface area (Å²) >= 11 is 0. The first-order chi connectivity index (χ1) is 12.8. The normalized spacial score (nSPS) is 14.5. The van der Waals surface area contributed by atoms with E-state index in [0.29, 0.717) is 31.3 Å². The second kappa shape index (κ2) is 7.47. The first kappa shape index (κ1) is 16.4. The lowest BCUT2D eigenvalue weighted by molar-refractivity contribution is 0.297. The van der Waals surface area contributed by atoms with E-state index < -0.39 is 0 Å². The van der Waals surface area contributed by atoms with Crippen LogP contribution in [0.5, 0.6) is 11.5 Å². The minimum Gasteiger partial charge on any atom is -0.490 e. The van der Waals surface area contributed by atoms with Crippen LogP contribution in [0.4, 0.5) is 5.69 Å². The van der Waals surface area contributed by atoms with Gasteiger partial charge in [-0.15, -0.1) is 0 Å². The van der Waals surface area contributed by atoms with Gasteiger partial charge in [-0.05, 0) is 24.6 Å². The molecule has 0 saturated heterocycles. The zero-order valence-electron chi connectivity index (χ0n) is 14.6. The molecule has 6 nitrogen and oxygen atoms in total. The van der Waals surface area contributed by atoms with Crippen molar-refractivity contribution in [3.63, 3.8) is 0 Å². The maximum atomic E-state index is 5.73. The molecule has 0 bridgehead atoms. The summed E-state index contributed by atoms with van der Waals surface area (Å²) in [6.45, 7) is 3.34. The molecule has 3 aromatic rings. The second-order valence-electron chi connectivity index (χ2n) is 6.29. The number of nitrogens with one attached hydrogen (secondary N) is 1. The van der Waals surface area contributed by atoms with Crippen LogP contribution in [0.15, 0.2) is 53.1 Å². The predicted molar refractivity (Wildman–Crippen MR) is 97.6 cm³/mol. The molecule has 0 unspecified atom stereocenters. The van der Waals surface area contributed by atoms with Gasteiger partial charge in [-0.25, -0.2) is 0 Å². The van der Waals surface area contributed by atoms with Crippen molar-refractivity contribution in [3.05, 3.63) is 65.8 Å². The predicted octanol–water partition coefficient (Wildman–Crippen LogP) is 3.99. The van der Waals surface area contributed by atoms with Gasteiger partial charge in [-0.1, -0.05) is 35.5 Å². The smallest absolute Gasteiger partial charge is 0.248 e. The molecule has 4 rings (SSSR count). The van der Waals surface area contributed by atoms with Crippen molar-refractivity contribution >= 4 is 5.69 Å². The van der Waals surface area contributed by atoms with Crippen LogP contribution in [-0.4, -0.2) is 23.4 Å². The quantitative estimate of drug-likeness (QED) is 0.749. The van der Waals surface area contributed by atoms with Crippen LogP contribution in [0.1, 0.15) is 36.7 Å². The molecule has 134 valence electrons. The summed E-state index contributed by atoms with van der Waals surface area (Å²) in [6.07, 6.45) is 1.54. The Hall–Kier alpha value is -3.02. The molecule has 2 aromatic carbocycles. The standard InChI is InChI=1S/C20H21N3O3/c1-14(20-22-19(23-26-20)12-15-6-3-2-4-7-15)21-16-8-9-17-18(13-16)25-11-5-10-24-17/h2-4,6-9,13-14,21H,5,10-12H2,1H3/t14-/m0/s1. The Morgan fingerprint density at radius 2 is 1.85 bits per heavy atom. The van der Waals surface area contributed by atoms with Crippen molar-refractivity contribution in [1.82, 2.24) is 10.1 Å². The van der Waals surface area contributed by atoms with Crippen LogP contribution in [0.2, 0.25) is 0 Å². The molecule has 1 atom stereocenters. The number of rotatable bonds is 5. The third-order valence-corrected chi connectivity index (χ3v) is 4.19. The maximum Gasteiger partial charge on any atom is 0.248 e. The van der Waals surface area contributed by atoms with Crippen LogP contribution in [-0.2, 0) is 6.42 Å². The number of anilines is 1. The van der Waals surface area contributed by atoms with E-state index in [9.17, 15) is 0 Å². The summed E-state index contributed by atoms with van der Waals surface area (Å²) in [5.74, 6) is 2.78. The van der Waals surface area contributed by atoms with E-state index in [0.717, 1.165) is 29.2 Å². The van der Waals surface area contributed by atoms with E-state index in [-0.39, 0.29) is 6.04 Å². The molecule has 0 saturated carbocycles. The van der Waals surface area contributed by atoms with Crippen molar-refractivity contribution < 1.29 is 14.0 Å². The molecule has 0 fully saturated rings. The number of benzene rings is 2. The number of nitrogens with zero attached hydrogens (tertiary/aromatic N) is 2. The Balaban J connectivity index is 1.43. The van der Waals surface area contributed by atoms with Gasteiger partial charge in [0.2, 0.25) is 5.89 Å². The van der Waals surface area contributed by atoms with E-state index >= 15 is 0 Å². The zero-order valence-corrected chi connectivity index (χ0v) is 14.6. The summed E-state index contributed by atoms with van der Waals surface area (Å²) in [6, 6.07) is 15.8. The summed E-state index contributed by atoms with van der Waals surface area (Å²) in [7, 11) is 0. The molecule has 0 radical (unpaired) electrons. The molecule has 0 aliphatic carbocycles. The highest BCUT2D eigenvalue weighted by molar-refractivity contribution is 5.55. The molecule has 26 heavy (non-hydrogen) atoms. The van der Waals surface area contributed by atoms with Crippen molar-refractivity contribution in [3.8, 4) is 11.5 Å². The topological polar surface area (TPSA) is 69.4 Å². The molecule has 2 heterocycles. The second-order valence-corrected chi connectivity index (χ2v) is 6.29. The van der Waals surface area contributed by atoms with Crippen LogP contribution in [0.3, 0.4) is 0 Å². The molecule has 1 aliphatic heterocycles. The van der Waals surface area contributed by atoms with Crippen molar-refractivity contribution in [2.24, 2.45) is 0 Å². The van der Waals surface area contributed by atoms with Crippen LogP contribution < -0.4 is 14.8 Å². The summed E-state index contributed by atoms with van der Waals surface area (Å²) in [5.41, 5.74) is 2.08. The van der Waals surface area contributed by atoms with E-state index in [1.54, 1.807) is 0 Å². The molecule has 0 spiro atoms. The molecular weight excluding hydrogens is 330 g/mol. The average molecular weight is 351 g/mol. The van der Waals surface area contributed by atoms with Crippen molar-refractivity contribution in [2.45, 2.75) is 25.8 Å². The largest absolute Gasteiger partial charge is 0.490 e. The molecule has 1 N–H and O–H groups in total. The van der Waals surface area contributed by atoms with Gasteiger partial charge in [0.25, 0.3) is 0 Å². The van der Waals surface area contributed by atoms with Gasteiger partial charge in [0.15, 0.2) is 17.3 Å². The average Bonchev–Trinajstić information content (AvgIpc) is 3.00. The fourth-order valence-electron chi connectivity index (χ4n) is 2.86. The fraction of sp³-hybridized carbons (Fsp3) is 0.300. The van der Waals surface area contributed by atoms with Crippen molar-refractivity contribution in [1.29, 1.82) is 0 Å². The lowest BCUT2D eigenvalue weighted by Gasteiger charge is -2.13. The number of fused-ring (bicyclic) bond motifs is 1. The fourth-order valence-corrected chi connectivity index (χ4v) is 2.86. The highest BCUT2D eigenvalue weighted by Gasteiger charge is 2.16. The van der Waals surface area contributed by atoms with E-state index in [4.69, 9.17) is 14.0 Å². The molecular formula is C20H21N3O3. The first-order valence-electron chi connectivity index (χ1n) is 8.80. The number of aromatic nitrogens is 2. The number of ether oxygens (including phenoxy) is 2. The SMILES string of the molecule is C[C@H](Nc1ccc2c(c1)OCCCO2)c1nc(Cc2ccccc2)no1. The van der Waals surface area contributed by atoms with Crippen LogP contribution >= 0.6 is 0 Å². The number of hydrogen-bond donors (Lipinski definition) is 1. The van der Waals surface area contributed by atoms with Gasteiger partial charge in [0.1, 0.15) is 6.04 Å². The van der Waals surface area contributed by atoms with Gasteiger partial charge < -0.3 is 19.3 Å².